The topological polar surface area (TPSA) is 128 Å². The van der Waals surface area contributed by atoms with Gasteiger partial charge >= 0.3 is 6.09 Å². The average molecular weight is 589 g/mol. The number of aliphatic hydroxyl groups excluding tert-OH is 1. The maximum Gasteiger partial charge on any atom is 0.415 e. The fourth-order valence-corrected chi connectivity index (χ4v) is 5.36. The van der Waals surface area contributed by atoms with Crippen molar-refractivity contribution in [2.24, 2.45) is 11.8 Å². The first-order valence-corrected chi connectivity index (χ1v) is 14.4. The molecular weight excluding hydrogens is 550 g/mol. The van der Waals surface area contributed by atoms with Crippen LogP contribution in [-0.2, 0) is 19.1 Å². The number of hydrogen-bond acceptors (Lipinski definition) is 7. The molecule has 1 saturated carbocycles. The fourth-order valence-electron chi connectivity index (χ4n) is 5.36. The van der Waals surface area contributed by atoms with E-state index < -0.39 is 35.8 Å². The van der Waals surface area contributed by atoms with Crippen LogP contribution >= 0.6 is 0 Å². The molecule has 2 saturated heterocycles. The van der Waals surface area contributed by atoms with Crippen LogP contribution in [0.3, 0.4) is 0 Å². The Hall–Kier alpha value is -3.64. The Bertz CT molecular complexity index is 1220. The third-order valence-corrected chi connectivity index (χ3v) is 7.85. The van der Waals surface area contributed by atoms with Gasteiger partial charge in [0.2, 0.25) is 11.8 Å². The van der Waals surface area contributed by atoms with Crippen LogP contribution in [-0.4, -0.2) is 72.2 Å². The molecule has 1 aromatic carbocycles. The zero-order chi connectivity index (χ0) is 30.3. The molecule has 3 aliphatic rings. The maximum absolute atomic E-state index is 15.0. The molecule has 10 nitrogen and oxygen atoms in total. The highest BCUT2D eigenvalue weighted by Gasteiger charge is 2.62. The van der Waals surface area contributed by atoms with Gasteiger partial charge < -0.3 is 15.2 Å². The number of aliphatic hydroxyl groups is 1. The lowest BCUT2D eigenvalue weighted by Gasteiger charge is -2.28. The molecule has 42 heavy (non-hydrogen) atoms. The Kier molecular flexibility index (Phi) is 10.4. The van der Waals surface area contributed by atoms with Gasteiger partial charge in [-0.1, -0.05) is 18.2 Å². The van der Waals surface area contributed by atoms with Gasteiger partial charge in [-0.2, -0.15) is 0 Å². The molecule has 228 valence electrons. The van der Waals surface area contributed by atoms with Crippen LogP contribution in [0.15, 0.2) is 30.4 Å². The Morgan fingerprint density at radius 3 is 2.67 bits per heavy atom. The average Bonchev–Trinajstić information content (AvgIpc) is 3.49. The minimum atomic E-state index is -0.782. The smallest absolute Gasteiger partial charge is 0.415 e. The van der Waals surface area contributed by atoms with Crippen molar-refractivity contribution in [3.8, 4) is 0 Å². The number of carbonyl (C=O) groups excluding carboxylic acids is 4. The zero-order valence-electron chi connectivity index (χ0n) is 23.7. The van der Waals surface area contributed by atoms with Crippen molar-refractivity contribution in [1.82, 2.24) is 15.8 Å². The number of nitrogens with zero attached hydrogens (tertiary/aromatic N) is 2. The van der Waals surface area contributed by atoms with E-state index in [4.69, 9.17) is 9.84 Å². The summed E-state index contributed by atoms with van der Waals surface area (Å²) in [6, 6.07) is 2.27. The number of allylic oxidation sites excluding steroid dienone is 2. The number of ether oxygens (including phenoxy) is 1. The van der Waals surface area contributed by atoms with Crippen molar-refractivity contribution in [3.63, 3.8) is 0 Å². The van der Waals surface area contributed by atoms with Crippen molar-refractivity contribution < 1.29 is 37.8 Å². The minimum Gasteiger partial charge on any atom is -0.440 e. The molecule has 1 aliphatic carbocycles. The summed E-state index contributed by atoms with van der Waals surface area (Å²) in [4.78, 5) is 48.5. The SMILES string of the molecule is CC(=O)/C=C/[C@H]1CC12CN(c1cc(F)c(/C=C/C3CCCN(C(=O)CCCCNC(=O)CO)NCC3)c(F)c1)C(=O)O2. The van der Waals surface area contributed by atoms with Crippen LogP contribution in [0.1, 0.15) is 57.4 Å². The number of nitrogens with one attached hydrogen (secondary N) is 2. The molecule has 4 rings (SSSR count). The summed E-state index contributed by atoms with van der Waals surface area (Å²) in [6.07, 6.45) is 9.98. The molecule has 12 heteroatoms. The number of ketones is 1. The monoisotopic (exact) mass is 588 g/mol. The van der Waals surface area contributed by atoms with Gasteiger partial charge in [0.05, 0.1) is 12.2 Å². The number of unbranched alkanes of at least 4 members (excludes halogenated alkanes) is 1. The predicted octanol–water partition coefficient (Wildman–Crippen LogP) is 3.25. The van der Waals surface area contributed by atoms with E-state index in [0.29, 0.717) is 58.2 Å². The lowest BCUT2D eigenvalue weighted by molar-refractivity contribution is -0.135. The highest BCUT2D eigenvalue weighted by Crippen LogP contribution is 2.52. The van der Waals surface area contributed by atoms with Crippen LogP contribution < -0.4 is 15.6 Å². The molecule has 1 spiro atoms. The van der Waals surface area contributed by atoms with Crippen LogP contribution in [0, 0.1) is 23.5 Å². The molecule has 0 bridgehead atoms. The third kappa shape index (κ3) is 8.01. The molecule has 0 aromatic heterocycles. The minimum absolute atomic E-state index is 0.0285. The number of carbonyl (C=O) groups is 4. The van der Waals surface area contributed by atoms with Crippen molar-refractivity contribution in [2.45, 2.75) is 57.5 Å². The van der Waals surface area contributed by atoms with Gasteiger partial charge in [0, 0.05) is 37.5 Å². The van der Waals surface area contributed by atoms with Crippen LogP contribution in [0.4, 0.5) is 19.3 Å². The summed E-state index contributed by atoms with van der Waals surface area (Å²) in [5.41, 5.74) is 2.28. The van der Waals surface area contributed by atoms with E-state index in [1.807, 2.05) is 0 Å². The quantitative estimate of drug-likeness (QED) is 0.268. The van der Waals surface area contributed by atoms with Crippen molar-refractivity contribution in [2.75, 3.05) is 37.7 Å². The second-order valence-electron chi connectivity index (χ2n) is 11.1. The highest BCUT2D eigenvalue weighted by atomic mass is 19.1. The van der Waals surface area contributed by atoms with Crippen LogP contribution in [0.25, 0.3) is 6.08 Å². The van der Waals surface area contributed by atoms with Crippen molar-refractivity contribution >= 4 is 35.5 Å². The number of hydrogen-bond donors (Lipinski definition) is 3. The van der Waals surface area contributed by atoms with Gasteiger partial charge in [-0.25, -0.2) is 19.0 Å². The maximum atomic E-state index is 15.0. The predicted molar refractivity (Wildman–Crippen MR) is 151 cm³/mol. The first-order valence-electron chi connectivity index (χ1n) is 14.4. The number of amides is 3. The Morgan fingerprint density at radius 2 is 1.95 bits per heavy atom. The molecule has 2 heterocycles. The summed E-state index contributed by atoms with van der Waals surface area (Å²) >= 11 is 0. The van der Waals surface area contributed by atoms with E-state index >= 15 is 8.78 Å². The summed E-state index contributed by atoms with van der Waals surface area (Å²) in [6.45, 7) is 2.49. The zero-order valence-corrected chi connectivity index (χ0v) is 23.7. The van der Waals surface area contributed by atoms with E-state index in [-0.39, 0.29) is 41.3 Å². The third-order valence-electron chi connectivity index (χ3n) is 7.85. The number of anilines is 1. The summed E-state index contributed by atoms with van der Waals surface area (Å²) in [7, 11) is 0. The summed E-state index contributed by atoms with van der Waals surface area (Å²) in [5, 5.41) is 12.9. The second-order valence-corrected chi connectivity index (χ2v) is 11.1. The largest absolute Gasteiger partial charge is 0.440 e. The van der Waals surface area contributed by atoms with E-state index in [1.165, 1.54) is 24.0 Å². The second kappa shape index (κ2) is 14.0. The lowest BCUT2D eigenvalue weighted by atomic mass is 9.96. The number of hydrazine groups is 1. The van der Waals surface area contributed by atoms with E-state index in [2.05, 4.69) is 10.7 Å². The van der Waals surface area contributed by atoms with Crippen molar-refractivity contribution in [1.29, 1.82) is 0 Å². The van der Waals surface area contributed by atoms with Gasteiger partial charge in [0.1, 0.15) is 23.8 Å². The molecular formula is C30H38F2N4O6. The fraction of sp³-hybridized carbons (Fsp3) is 0.533. The van der Waals surface area contributed by atoms with E-state index in [1.54, 1.807) is 17.2 Å². The lowest BCUT2D eigenvalue weighted by Crippen LogP contribution is -2.45. The molecule has 1 aromatic rings. The molecule has 3 N–H and O–H groups in total. The molecule has 2 unspecified atom stereocenters. The molecule has 0 radical (unpaired) electrons. The Labute approximate surface area is 243 Å². The molecule has 3 amide bonds. The van der Waals surface area contributed by atoms with Gasteiger partial charge in [0.15, 0.2) is 5.78 Å². The van der Waals surface area contributed by atoms with Crippen molar-refractivity contribution in [3.05, 3.63) is 47.6 Å². The van der Waals surface area contributed by atoms with Crippen LogP contribution in [0.5, 0.6) is 0 Å². The van der Waals surface area contributed by atoms with E-state index in [0.717, 1.165) is 18.6 Å². The van der Waals surface area contributed by atoms with Gasteiger partial charge in [-0.3, -0.25) is 24.3 Å². The van der Waals surface area contributed by atoms with E-state index in [9.17, 15) is 19.2 Å². The summed E-state index contributed by atoms with van der Waals surface area (Å²) in [5.74, 6) is -2.18. The molecule has 3 atom stereocenters. The Morgan fingerprint density at radius 1 is 1.19 bits per heavy atom. The Balaban J connectivity index is 1.26. The highest BCUT2D eigenvalue weighted by molar-refractivity contribution is 5.91. The summed E-state index contributed by atoms with van der Waals surface area (Å²) < 4.78 is 35.6. The van der Waals surface area contributed by atoms with Gasteiger partial charge in [0.25, 0.3) is 0 Å². The number of benzene rings is 1. The van der Waals surface area contributed by atoms with Crippen LogP contribution in [0.2, 0.25) is 0 Å². The first kappa shape index (κ1) is 31.3. The number of rotatable bonds is 11. The molecule has 3 fully saturated rings. The normalized spacial score (nSPS) is 24.2. The molecule has 2 aliphatic heterocycles. The number of halogens is 2. The van der Waals surface area contributed by atoms with Gasteiger partial charge in [-0.05, 0) is 69.6 Å². The standard InChI is InChI=1S/C30H38F2N4O6/c1-20(38)7-9-22-17-30(22)19-35(29(41)42-30)23-15-25(31)24(26(32)16-23)10-8-21-5-4-14-36(34-13-11-21)28(40)6-2-3-12-33-27(39)18-37/h7-10,15-16,21-22,34,37H,2-6,11-14,17-19H2,1H3,(H,33,39)/b9-7+,10-8+/t21?,22-,30?/m0/s1. The van der Waals surface area contributed by atoms with Gasteiger partial charge in [-0.15, -0.1) is 0 Å². The first-order chi connectivity index (χ1) is 20.1.